The van der Waals surface area contributed by atoms with E-state index in [4.69, 9.17) is 9.47 Å². The van der Waals surface area contributed by atoms with Crippen LogP contribution in [0.15, 0.2) is 41.3 Å². The Hall–Kier alpha value is -2.15. The Morgan fingerprint density at radius 1 is 1.23 bits per heavy atom. The molecule has 0 radical (unpaired) electrons. The number of carbonyl (C=O) groups is 1. The number of nitrogens with zero attached hydrogens (tertiary/aromatic N) is 2. The number of nitrogens with one attached hydrogen (secondary N) is 1. The van der Waals surface area contributed by atoms with E-state index in [9.17, 15) is 4.79 Å². The van der Waals surface area contributed by atoms with E-state index in [0.29, 0.717) is 21.9 Å². The molecule has 2 rings (SSSR count). The van der Waals surface area contributed by atoms with Crippen molar-refractivity contribution in [1.82, 2.24) is 9.97 Å². The van der Waals surface area contributed by atoms with Gasteiger partial charge < -0.3 is 9.47 Å². The number of anilines is 1. The van der Waals surface area contributed by atoms with E-state index in [1.165, 1.54) is 6.33 Å². The maximum absolute atomic E-state index is 11.7. The van der Waals surface area contributed by atoms with Gasteiger partial charge in [-0.05, 0) is 48.8 Å². The van der Waals surface area contributed by atoms with Crippen molar-refractivity contribution in [2.45, 2.75) is 26.4 Å². The minimum absolute atomic E-state index is 0.399. The van der Waals surface area contributed by atoms with E-state index < -0.39 is 11.7 Å². The van der Waals surface area contributed by atoms with Crippen LogP contribution in [-0.4, -0.2) is 21.7 Å². The molecule has 0 spiro atoms. The fraction of sp³-hybridized carbons (Fsp3) is 0.267. The van der Waals surface area contributed by atoms with Crippen molar-refractivity contribution in [2.24, 2.45) is 0 Å². The van der Waals surface area contributed by atoms with Gasteiger partial charge in [-0.2, -0.15) is 0 Å². The molecule has 1 aromatic heterocycles. The Balaban J connectivity index is 2.05. The summed E-state index contributed by atoms with van der Waals surface area (Å²) in [5.74, 6) is 0.940. The highest BCUT2D eigenvalue weighted by molar-refractivity contribution is 9.10. The molecule has 0 saturated carbocycles. The summed E-state index contributed by atoms with van der Waals surface area (Å²) < 4.78 is 11.4. The van der Waals surface area contributed by atoms with Gasteiger partial charge in [-0.1, -0.05) is 6.07 Å². The zero-order valence-electron chi connectivity index (χ0n) is 12.5. The van der Waals surface area contributed by atoms with E-state index in [1.54, 1.807) is 51.1 Å². The zero-order chi connectivity index (χ0) is 16.2. The summed E-state index contributed by atoms with van der Waals surface area (Å²) in [5, 5.41) is 2.65. The van der Waals surface area contributed by atoms with Gasteiger partial charge in [0.25, 0.3) is 0 Å². The summed E-state index contributed by atoms with van der Waals surface area (Å²) in [4.78, 5) is 19.7. The summed E-state index contributed by atoms with van der Waals surface area (Å²) in [6, 6.07) is 8.59. The first-order valence-electron chi connectivity index (χ1n) is 6.57. The van der Waals surface area contributed by atoms with Crippen LogP contribution < -0.4 is 10.1 Å². The molecule has 22 heavy (non-hydrogen) atoms. The van der Waals surface area contributed by atoms with Crippen LogP contribution in [0.25, 0.3) is 0 Å². The van der Waals surface area contributed by atoms with Gasteiger partial charge in [0, 0.05) is 17.8 Å². The third kappa shape index (κ3) is 5.33. The first-order valence-corrected chi connectivity index (χ1v) is 7.36. The topological polar surface area (TPSA) is 73.3 Å². The molecule has 1 N–H and O–H groups in total. The predicted molar refractivity (Wildman–Crippen MR) is 86.1 cm³/mol. The normalized spacial score (nSPS) is 10.9. The molecule has 0 unspecified atom stereocenters. The lowest BCUT2D eigenvalue weighted by molar-refractivity contribution is 0.0636. The predicted octanol–water partition coefficient (Wildman–Crippen LogP) is 4.38. The van der Waals surface area contributed by atoms with E-state index in [-0.39, 0.29) is 0 Å². The quantitative estimate of drug-likeness (QED) is 0.817. The van der Waals surface area contributed by atoms with Crippen molar-refractivity contribution >= 4 is 27.7 Å². The highest BCUT2D eigenvalue weighted by Gasteiger charge is 2.16. The van der Waals surface area contributed by atoms with Gasteiger partial charge in [0.2, 0.25) is 5.88 Å². The van der Waals surface area contributed by atoms with Crippen molar-refractivity contribution in [3.63, 3.8) is 0 Å². The molecule has 116 valence electrons. The molecule has 0 bridgehead atoms. The lowest BCUT2D eigenvalue weighted by Gasteiger charge is -2.19. The standard InChI is InChI=1S/C15H16BrN3O3/c1-15(2,3)22-14(20)19-10-5-4-6-11(7-10)21-13-8-12(16)17-9-18-13/h4-9H,1-3H3,(H,19,20). The van der Waals surface area contributed by atoms with E-state index in [0.717, 1.165) is 0 Å². The van der Waals surface area contributed by atoms with Gasteiger partial charge >= 0.3 is 6.09 Å². The number of halogens is 1. The number of hydrogen-bond donors (Lipinski definition) is 1. The van der Waals surface area contributed by atoms with Crippen LogP contribution in [0, 0.1) is 0 Å². The number of carbonyl (C=O) groups excluding carboxylic acids is 1. The summed E-state index contributed by atoms with van der Waals surface area (Å²) in [6.07, 6.45) is 0.872. The molecule has 1 amide bonds. The van der Waals surface area contributed by atoms with Crippen molar-refractivity contribution in [3.05, 3.63) is 41.3 Å². The third-order valence-corrected chi connectivity index (χ3v) is 2.74. The lowest BCUT2D eigenvalue weighted by Crippen LogP contribution is -2.27. The molecule has 0 aliphatic heterocycles. The largest absolute Gasteiger partial charge is 0.444 e. The summed E-state index contributed by atoms with van der Waals surface area (Å²) in [6.45, 7) is 5.41. The molecular formula is C15H16BrN3O3. The first kappa shape index (κ1) is 16.2. The first-order chi connectivity index (χ1) is 10.3. The van der Waals surface area contributed by atoms with Crippen LogP contribution in [0.2, 0.25) is 0 Å². The monoisotopic (exact) mass is 365 g/mol. The van der Waals surface area contributed by atoms with Crippen molar-refractivity contribution < 1.29 is 14.3 Å². The Bertz CT molecular complexity index is 671. The van der Waals surface area contributed by atoms with E-state index in [2.05, 4.69) is 31.2 Å². The number of benzene rings is 1. The molecule has 0 fully saturated rings. The van der Waals surface area contributed by atoms with Crippen LogP contribution in [0.1, 0.15) is 20.8 Å². The zero-order valence-corrected chi connectivity index (χ0v) is 14.0. The molecular weight excluding hydrogens is 350 g/mol. The highest BCUT2D eigenvalue weighted by Crippen LogP contribution is 2.24. The third-order valence-electron chi connectivity index (χ3n) is 2.31. The van der Waals surface area contributed by atoms with Gasteiger partial charge in [-0.15, -0.1) is 0 Å². The average molecular weight is 366 g/mol. The fourth-order valence-electron chi connectivity index (χ4n) is 1.55. The molecule has 2 aromatic rings. The highest BCUT2D eigenvalue weighted by atomic mass is 79.9. The molecule has 7 heteroatoms. The maximum Gasteiger partial charge on any atom is 0.412 e. The van der Waals surface area contributed by atoms with Gasteiger partial charge in [-0.25, -0.2) is 14.8 Å². The molecule has 0 atom stereocenters. The van der Waals surface area contributed by atoms with Crippen LogP contribution in [0.3, 0.4) is 0 Å². The van der Waals surface area contributed by atoms with Gasteiger partial charge in [-0.3, -0.25) is 5.32 Å². The number of hydrogen-bond acceptors (Lipinski definition) is 5. The number of ether oxygens (including phenoxy) is 2. The molecule has 1 aromatic carbocycles. The van der Waals surface area contributed by atoms with E-state index >= 15 is 0 Å². The van der Waals surface area contributed by atoms with Crippen LogP contribution in [0.5, 0.6) is 11.6 Å². The van der Waals surface area contributed by atoms with E-state index in [1.807, 2.05) is 0 Å². The molecule has 0 aliphatic rings. The van der Waals surface area contributed by atoms with Crippen molar-refractivity contribution in [2.75, 3.05) is 5.32 Å². The smallest absolute Gasteiger partial charge is 0.412 e. The van der Waals surface area contributed by atoms with Crippen LogP contribution in [0.4, 0.5) is 10.5 Å². The van der Waals surface area contributed by atoms with Crippen molar-refractivity contribution in [3.8, 4) is 11.6 Å². The second-order valence-electron chi connectivity index (χ2n) is 5.44. The molecule has 0 aliphatic carbocycles. The average Bonchev–Trinajstić information content (AvgIpc) is 2.36. The number of amides is 1. The van der Waals surface area contributed by atoms with Crippen LogP contribution in [-0.2, 0) is 4.74 Å². The Kier molecular flexibility index (Phi) is 4.97. The summed E-state index contributed by atoms with van der Waals surface area (Å²) >= 11 is 3.25. The van der Waals surface area contributed by atoms with Gasteiger partial charge in [0.1, 0.15) is 22.3 Å². The second-order valence-corrected chi connectivity index (χ2v) is 6.25. The minimum atomic E-state index is -0.550. The molecule has 1 heterocycles. The number of aromatic nitrogens is 2. The van der Waals surface area contributed by atoms with Gasteiger partial charge in [0.05, 0.1) is 0 Å². The lowest BCUT2D eigenvalue weighted by atomic mass is 10.2. The summed E-state index contributed by atoms with van der Waals surface area (Å²) in [5.41, 5.74) is 0.0192. The summed E-state index contributed by atoms with van der Waals surface area (Å²) in [7, 11) is 0. The fourth-order valence-corrected chi connectivity index (χ4v) is 1.84. The number of rotatable bonds is 3. The Labute approximate surface area is 137 Å². The molecule has 6 nitrogen and oxygen atoms in total. The molecule has 0 saturated heterocycles. The van der Waals surface area contributed by atoms with Crippen molar-refractivity contribution in [1.29, 1.82) is 0 Å². The van der Waals surface area contributed by atoms with Crippen LogP contribution >= 0.6 is 15.9 Å². The SMILES string of the molecule is CC(C)(C)OC(=O)Nc1cccc(Oc2cc(Br)ncn2)c1. The Morgan fingerprint density at radius 3 is 2.68 bits per heavy atom. The minimum Gasteiger partial charge on any atom is -0.444 e. The maximum atomic E-state index is 11.7. The Morgan fingerprint density at radius 2 is 2.00 bits per heavy atom. The van der Waals surface area contributed by atoms with Gasteiger partial charge in [0.15, 0.2) is 0 Å². The second kappa shape index (κ2) is 6.74.